The number of aliphatic hydroxyl groups is 2. The van der Waals surface area contributed by atoms with Crippen molar-refractivity contribution < 1.29 is 67.3 Å². The Labute approximate surface area is 297 Å². The number of rotatable bonds is 7. The number of carbonyl (C=O) groups is 5. The van der Waals surface area contributed by atoms with Crippen molar-refractivity contribution in [3.05, 3.63) is 11.6 Å². The van der Waals surface area contributed by atoms with Gasteiger partial charge in [-0.1, -0.05) is 13.8 Å². The molecule has 0 unspecified atom stereocenters. The lowest BCUT2D eigenvalue weighted by Gasteiger charge is -2.67. The second kappa shape index (κ2) is 13.4. The third-order valence-electron chi connectivity index (χ3n) is 13.3. The van der Waals surface area contributed by atoms with Gasteiger partial charge in [-0.05, 0) is 69.3 Å². The van der Waals surface area contributed by atoms with E-state index in [0.717, 1.165) is 5.57 Å². The molecular formula is C37H52O14. The van der Waals surface area contributed by atoms with E-state index >= 15 is 0 Å². The summed E-state index contributed by atoms with van der Waals surface area (Å²) < 4.78 is 40.5. The standard InChI is InChI=1S/C37H52O14/c1-18-30(48-20(3)39)31(49-21(4)40)32(50-22(5)41)33(46-18)51-24-8-11-34(6)29-26(9-12-36(34,43)15-24)37(44)13-10-25(23-14-28(42)45-17-23)35(37,7)16-27(29)47-19(2)38/h14,18,24-27,29-33,43-44H,8-13,15-17H2,1-7H3/t18-,24+,25-,26+,27+,29-,30-,31+,32+,33-,34+,35+,36-,37-/m0/s1. The Morgan fingerprint density at radius 2 is 1.41 bits per heavy atom. The van der Waals surface area contributed by atoms with Gasteiger partial charge >= 0.3 is 29.8 Å². The Morgan fingerprint density at radius 3 is 2.02 bits per heavy atom. The number of hydrogen-bond acceptors (Lipinski definition) is 14. The average Bonchev–Trinajstić information content (AvgIpc) is 3.55. The maximum Gasteiger partial charge on any atom is 0.331 e. The van der Waals surface area contributed by atoms with Crippen LogP contribution in [0.1, 0.15) is 99.8 Å². The zero-order chi connectivity index (χ0) is 37.3. The van der Waals surface area contributed by atoms with Gasteiger partial charge in [0.2, 0.25) is 0 Å². The van der Waals surface area contributed by atoms with Gasteiger partial charge in [-0.2, -0.15) is 0 Å². The smallest absolute Gasteiger partial charge is 0.331 e. The Hall–Kier alpha value is -3.07. The normalized spacial score (nSPS) is 46.0. The fraction of sp³-hybridized carbons (Fsp3) is 0.811. The van der Waals surface area contributed by atoms with Crippen LogP contribution in [-0.4, -0.2) is 101 Å². The van der Waals surface area contributed by atoms with E-state index in [1.165, 1.54) is 33.8 Å². The van der Waals surface area contributed by atoms with Crippen LogP contribution < -0.4 is 0 Å². The molecule has 0 radical (unpaired) electrons. The van der Waals surface area contributed by atoms with Gasteiger partial charge in [-0.15, -0.1) is 0 Å². The Morgan fingerprint density at radius 1 is 0.784 bits per heavy atom. The summed E-state index contributed by atoms with van der Waals surface area (Å²) in [4.78, 5) is 61.0. The van der Waals surface area contributed by atoms with Crippen LogP contribution >= 0.6 is 0 Å². The van der Waals surface area contributed by atoms with Crippen molar-refractivity contribution in [3.63, 3.8) is 0 Å². The van der Waals surface area contributed by atoms with E-state index in [1.54, 1.807) is 6.92 Å². The molecular weight excluding hydrogens is 668 g/mol. The fourth-order valence-electron chi connectivity index (χ4n) is 11.1. The second-order valence-corrected chi connectivity index (χ2v) is 16.2. The molecule has 0 spiro atoms. The number of carbonyl (C=O) groups excluding carboxylic acids is 5. The molecule has 0 aromatic heterocycles. The van der Waals surface area contributed by atoms with Crippen LogP contribution in [0.5, 0.6) is 0 Å². The maximum absolute atomic E-state index is 12.7. The van der Waals surface area contributed by atoms with Crippen molar-refractivity contribution >= 4 is 29.8 Å². The molecule has 14 atom stereocenters. The molecule has 0 aromatic carbocycles. The van der Waals surface area contributed by atoms with Gasteiger partial charge < -0.3 is 43.4 Å². The van der Waals surface area contributed by atoms with Crippen LogP contribution in [0.25, 0.3) is 0 Å². The fourth-order valence-corrected chi connectivity index (χ4v) is 11.1. The van der Waals surface area contributed by atoms with E-state index in [4.69, 9.17) is 33.2 Å². The summed E-state index contributed by atoms with van der Waals surface area (Å²) in [7, 11) is 0. The quantitative estimate of drug-likeness (QED) is 0.222. The van der Waals surface area contributed by atoms with Gasteiger partial charge in [-0.25, -0.2) is 4.79 Å². The molecule has 0 aromatic rings. The minimum Gasteiger partial charge on any atom is -0.462 e. The van der Waals surface area contributed by atoms with Crippen molar-refractivity contribution in [1.29, 1.82) is 0 Å². The Balaban J connectivity index is 1.27. The van der Waals surface area contributed by atoms with E-state index in [1.807, 2.05) is 13.8 Å². The summed E-state index contributed by atoms with van der Waals surface area (Å²) in [5, 5.41) is 25.4. The molecule has 2 aliphatic heterocycles. The van der Waals surface area contributed by atoms with E-state index in [2.05, 4.69) is 0 Å². The SMILES string of the molecule is CC(=O)O[C@@H]1[C@@H](OC(C)=O)[C@H](C)O[C@@H](O[C@@H]2CC[C@]3(C)[C@H]4[C@@H](CC[C@]3(O)C2)[C@@]2(O)CC[C@@H](C3=CC(=O)OC3)[C@@]2(C)C[C@H]4OC(C)=O)[C@@H]1OC(C)=O. The van der Waals surface area contributed by atoms with Crippen LogP contribution in [0, 0.1) is 28.6 Å². The number of hydrogen-bond donors (Lipinski definition) is 2. The van der Waals surface area contributed by atoms with Crippen molar-refractivity contribution in [3.8, 4) is 0 Å². The van der Waals surface area contributed by atoms with Gasteiger partial charge in [0.1, 0.15) is 12.7 Å². The molecule has 6 aliphatic rings. The first-order chi connectivity index (χ1) is 23.8. The monoisotopic (exact) mass is 720 g/mol. The highest BCUT2D eigenvalue weighted by molar-refractivity contribution is 5.85. The molecule has 5 fully saturated rings. The van der Waals surface area contributed by atoms with Crippen molar-refractivity contribution in [2.24, 2.45) is 28.6 Å². The van der Waals surface area contributed by atoms with Crippen molar-refractivity contribution in [2.45, 2.75) is 154 Å². The number of cyclic esters (lactones) is 1. The zero-order valence-corrected chi connectivity index (χ0v) is 30.5. The van der Waals surface area contributed by atoms with E-state index in [9.17, 15) is 34.2 Å². The van der Waals surface area contributed by atoms with Crippen LogP contribution in [0.4, 0.5) is 0 Å². The molecule has 0 amide bonds. The highest BCUT2D eigenvalue weighted by atomic mass is 16.7. The minimum atomic E-state index is -1.29. The molecule has 6 rings (SSSR count). The molecule has 4 aliphatic carbocycles. The van der Waals surface area contributed by atoms with E-state index < -0.39 is 88.8 Å². The number of fused-ring (bicyclic) bond motifs is 5. The summed E-state index contributed by atoms with van der Waals surface area (Å²) in [6.07, 6.45) is -1.75. The lowest BCUT2D eigenvalue weighted by molar-refractivity contribution is -0.326. The first-order valence-corrected chi connectivity index (χ1v) is 18.1. The first kappa shape index (κ1) is 37.7. The summed E-state index contributed by atoms with van der Waals surface area (Å²) in [6.45, 7) is 10.8. The molecule has 2 heterocycles. The number of esters is 5. The highest BCUT2D eigenvalue weighted by Crippen LogP contribution is 2.71. The Kier molecular flexibility index (Phi) is 9.91. The minimum absolute atomic E-state index is 0.120. The van der Waals surface area contributed by atoms with Gasteiger partial charge in [0.25, 0.3) is 0 Å². The van der Waals surface area contributed by atoms with Crippen LogP contribution in [-0.2, 0) is 57.1 Å². The van der Waals surface area contributed by atoms with Crippen LogP contribution in [0.15, 0.2) is 11.6 Å². The summed E-state index contributed by atoms with van der Waals surface area (Å²) in [6, 6.07) is 0. The van der Waals surface area contributed by atoms with Gasteiger partial charge in [0.15, 0.2) is 24.6 Å². The average molecular weight is 721 g/mol. The van der Waals surface area contributed by atoms with E-state index in [0.29, 0.717) is 44.9 Å². The summed E-state index contributed by atoms with van der Waals surface area (Å²) in [5.74, 6) is -3.60. The molecule has 0 bridgehead atoms. The lowest BCUT2D eigenvalue weighted by atomic mass is 9.41. The highest BCUT2D eigenvalue weighted by Gasteiger charge is 2.73. The van der Waals surface area contributed by atoms with Gasteiger partial charge in [0.05, 0.1) is 23.4 Å². The topological polar surface area (TPSA) is 190 Å². The van der Waals surface area contributed by atoms with Gasteiger partial charge in [0, 0.05) is 56.9 Å². The molecule has 4 saturated carbocycles. The largest absolute Gasteiger partial charge is 0.462 e. The second-order valence-electron chi connectivity index (χ2n) is 16.2. The zero-order valence-electron chi connectivity index (χ0n) is 30.5. The number of ether oxygens (including phenoxy) is 7. The predicted molar refractivity (Wildman–Crippen MR) is 174 cm³/mol. The van der Waals surface area contributed by atoms with Crippen molar-refractivity contribution in [2.75, 3.05) is 6.61 Å². The summed E-state index contributed by atoms with van der Waals surface area (Å²) >= 11 is 0. The van der Waals surface area contributed by atoms with Crippen LogP contribution in [0.2, 0.25) is 0 Å². The summed E-state index contributed by atoms with van der Waals surface area (Å²) in [5.41, 5.74) is -3.04. The lowest BCUT2D eigenvalue weighted by Crippen LogP contribution is -2.71. The van der Waals surface area contributed by atoms with Crippen LogP contribution in [0.3, 0.4) is 0 Å². The molecule has 51 heavy (non-hydrogen) atoms. The third kappa shape index (κ3) is 6.37. The molecule has 1 saturated heterocycles. The predicted octanol–water partition coefficient (Wildman–Crippen LogP) is 2.83. The third-order valence-corrected chi connectivity index (χ3v) is 13.3. The molecule has 14 heteroatoms. The van der Waals surface area contributed by atoms with E-state index in [-0.39, 0.29) is 36.8 Å². The Bertz CT molecular complexity index is 1480. The maximum atomic E-state index is 12.7. The van der Waals surface area contributed by atoms with Gasteiger partial charge in [-0.3, -0.25) is 19.2 Å². The first-order valence-electron chi connectivity index (χ1n) is 18.1. The van der Waals surface area contributed by atoms with Crippen molar-refractivity contribution in [1.82, 2.24) is 0 Å². The molecule has 14 nitrogen and oxygen atoms in total. The molecule has 2 N–H and O–H groups in total. The molecule has 284 valence electrons.